The van der Waals surface area contributed by atoms with Crippen molar-refractivity contribution in [1.82, 2.24) is 19.2 Å². The second-order valence-electron chi connectivity index (χ2n) is 7.55. The van der Waals surface area contributed by atoms with Crippen LogP contribution in [-0.4, -0.2) is 66.3 Å². The smallest absolute Gasteiger partial charge is 0.245 e. The number of hydrogen-bond acceptors (Lipinski definition) is 5. The molecule has 3 aromatic rings. The van der Waals surface area contributed by atoms with Gasteiger partial charge in [-0.25, -0.2) is 13.4 Å². The van der Waals surface area contributed by atoms with Gasteiger partial charge in [0.15, 0.2) is 0 Å². The van der Waals surface area contributed by atoms with Gasteiger partial charge in [0, 0.05) is 50.4 Å². The summed E-state index contributed by atoms with van der Waals surface area (Å²) in [5.74, 6) is 0.916. The van der Waals surface area contributed by atoms with Crippen LogP contribution in [-0.2, 0) is 27.7 Å². The Morgan fingerprint density at radius 2 is 2.00 bits per heavy atom. The average molecular weight is 426 g/mol. The van der Waals surface area contributed by atoms with E-state index >= 15 is 0 Å². The molecule has 1 fully saturated rings. The number of pyridine rings is 1. The van der Waals surface area contributed by atoms with Crippen LogP contribution in [0.3, 0.4) is 0 Å². The second-order valence-corrected chi connectivity index (χ2v) is 9.46. The maximum absolute atomic E-state index is 13.1. The van der Waals surface area contributed by atoms with E-state index in [2.05, 4.69) is 9.97 Å². The highest BCUT2D eigenvalue weighted by Gasteiger charge is 2.32. The molecule has 5 rings (SSSR count). The Balaban J connectivity index is 1.25. The zero-order valence-corrected chi connectivity index (χ0v) is 17.2. The fourth-order valence-electron chi connectivity index (χ4n) is 4.10. The highest BCUT2D eigenvalue weighted by molar-refractivity contribution is 7.89. The topological polar surface area (TPSA) is 95.6 Å². The minimum Gasteiger partial charge on any atom is -0.493 e. The van der Waals surface area contributed by atoms with Crippen molar-refractivity contribution in [2.45, 2.75) is 17.7 Å². The number of piperazine rings is 1. The predicted molar refractivity (Wildman–Crippen MR) is 111 cm³/mol. The van der Waals surface area contributed by atoms with E-state index in [4.69, 9.17) is 4.74 Å². The van der Waals surface area contributed by atoms with Crippen LogP contribution in [0, 0.1) is 0 Å². The average Bonchev–Trinajstić information content (AvgIpc) is 3.40. The number of aromatic amines is 1. The van der Waals surface area contributed by atoms with Gasteiger partial charge in [0.25, 0.3) is 0 Å². The molecule has 30 heavy (non-hydrogen) atoms. The molecule has 1 N–H and O–H groups in total. The molecule has 1 saturated heterocycles. The first-order valence-corrected chi connectivity index (χ1v) is 11.4. The van der Waals surface area contributed by atoms with Crippen molar-refractivity contribution in [1.29, 1.82) is 0 Å². The van der Waals surface area contributed by atoms with Crippen LogP contribution in [0.25, 0.3) is 11.0 Å². The summed E-state index contributed by atoms with van der Waals surface area (Å²) in [5.41, 5.74) is 2.65. The summed E-state index contributed by atoms with van der Waals surface area (Å²) in [5, 5.41) is 0.580. The number of aromatic nitrogens is 2. The lowest BCUT2D eigenvalue weighted by molar-refractivity contribution is -0.131. The number of ether oxygens (including phenoxy) is 1. The third-order valence-electron chi connectivity index (χ3n) is 5.73. The van der Waals surface area contributed by atoms with E-state index in [1.165, 1.54) is 10.5 Å². The number of rotatable bonds is 4. The molecule has 4 heterocycles. The molecule has 2 aliphatic heterocycles. The first-order valence-electron chi connectivity index (χ1n) is 9.97. The Labute approximate surface area is 174 Å². The van der Waals surface area contributed by atoms with E-state index in [0.717, 1.165) is 23.3 Å². The molecule has 9 heteroatoms. The number of sulfonamides is 1. The van der Waals surface area contributed by atoms with Gasteiger partial charge < -0.3 is 14.6 Å². The van der Waals surface area contributed by atoms with Gasteiger partial charge in [-0.3, -0.25) is 4.79 Å². The lowest BCUT2D eigenvalue weighted by Crippen LogP contribution is -2.50. The lowest BCUT2D eigenvalue weighted by Gasteiger charge is -2.34. The Bertz CT molecular complexity index is 1210. The van der Waals surface area contributed by atoms with Crippen molar-refractivity contribution in [2.75, 3.05) is 32.8 Å². The largest absolute Gasteiger partial charge is 0.493 e. The summed E-state index contributed by atoms with van der Waals surface area (Å²) in [6.45, 7) is 2.01. The van der Waals surface area contributed by atoms with E-state index < -0.39 is 10.0 Å². The molecule has 1 aromatic carbocycles. The third-order valence-corrected chi connectivity index (χ3v) is 7.67. The number of nitrogens with zero attached hydrogens (tertiary/aromatic N) is 3. The number of amides is 1. The highest BCUT2D eigenvalue weighted by atomic mass is 32.2. The van der Waals surface area contributed by atoms with Crippen LogP contribution >= 0.6 is 0 Å². The van der Waals surface area contributed by atoms with Gasteiger partial charge in [-0.15, -0.1) is 0 Å². The SMILES string of the molecule is O=C(Cc1ccc2c(c1)CCO2)N1CCN(S(=O)(=O)c2c[nH]c3ncccc23)CC1. The maximum atomic E-state index is 13.1. The summed E-state index contributed by atoms with van der Waals surface area (Å²) in [6, 6.07) is 9.34. The minimum atomic E-state index is -3.65. The number of carbonyl (C=O) groups is 1. The number of carbonyl (C=O) groups excluding carboxylic acids is 1. The van der Waals surface area contributed by atoms with E-state index in [9.17, 15) is 13.2 Å². The van der Waals surface area contributed by atoms with Crippen LogP contribution in [0.2, 0.25) is 0 Å². The van der Waals surface area contributed by atoms with Crippen LogP contribution in [0.4, 0.5) is 0 Å². The Kier molecular flexibility index (Phi) is 4.71. The standard InChI is InChI=1S/C21H22N4O4S/c26-20(13-15-3-4-18-16(12-15)5-11-29-18)24-7-9-25(10-8-24)30(27,28)19-14-23-21-17(19)2-1-6-22-21/h1-4,6,12,14H,5,7-11,13H2,(H,22,23). The fourth-order valence-corrected chi connectivity index (χ4v) is 5.67. The van der Waals surface area contributed by atoms with E-state index in [0.29, 0.717) is 37.2 Å². The van der Waals surface area contributed by atoms with Gasteiger partial charge in [0.05, 0.1) is 13.0 Å². The number of hydrogen-bond donors (Lipinski definition) is 1. The minimum absolute atomic E-state index is 0.0159. The van der Waals surface area contributed by atoms with Crippen molar-refractivity contribution in [3.05, 3.63) is 53.9 Å². The van der Waals surface area contributed by atoms with Crippen LogP contribution < -0.4 is 4.74 Å². The molecule has 0 atom stereocenters. The van der Waals surface area contributed by atoms with Gasteiger partial charge in [0.1, 0.15) is 16.3 Å². The molecule has 0 aliphatic carbocycles. The molecule has 2 aromatic heterocycles. The first kappa shape index (κ1) is 19.1. The molecule has 156 valence electrons. The van der Waals surface area contributed by atoms with Crippen molar-refractivity contribution in [2.24, 2.45) is 0 Å². The number of benzene rings is 1. The van der Waals surface area contributed by atoms with Gasteiger partial charge in [0.2, 0.25) is 15.9 Å². The first-order chi connectivity index (χ1) is 14.5. The van der Waals surface area contributed by atoms with Gasteiger partial charge in [-0.1, -0.05) is 12.1 Å². The molecule has 2 aliphatic rings. The van der Waals surface area contributed by atoms with Crippen molar-refractivity contribution in [3.63, 3.8) is 0 Å². The Hall–Kier alpha value is -2.91. The van der Waals surface area contributed by atoms with Crippen LogP contribution in [0.5, 0.6) is 5.75 Å². The molecule has 0 saturated carbocycles. The number of fused-ring (bicyclic) bond motifs is 2. The lowest BCUT2D eigenvalue weighted by atomic mass is 10.1. The summed E-state index contributed by atoms with van der Waals surface area (Å²) in [6.07, 6.45) is 4.29. The summed E-state index contributed by atoms with van der Waals surface area (Å²) in [7, 11) is -3.65. The predicted octanol–water partition coefficient (Wildman–Crippen LogP) is 1.57. The second kappa shape index (κ2) is 7.41. The molecular weight excluding hydrogens is 404 g/mol. The number of nitrogens with one attached hydrogen (secondary N) is 1. The normalized spacial score (nSPS) is 17.1. The zero-order valence-electron chi connectivity index (χ0n) is 16.4. The molecule has 0 radical (unpaired) electrons. The van der Waals surface area contributed by atoms with Crippen molar-refractivity contribution >= 4 is 27.0 Å². The monoisotopic (exact) mass is 426 g/mol. The van der Waals surface area contributed by atoms with Gasteiger partial charge in [-0.05, 0) is 29.3 Å². The maximum Gasteiger partial charge on any atom is 0.245 e. The zero-order chi connectivity index (χ0) is 20.7. The van der Waals surface area contributed by atoms with E-state index in [1.807, 2.05) is 18.2 Å². The Morgan fingerprint density at radius 3 is 2.83 bits per heavy atom. The van der Waals surface area contributed by atoms with E-state index in [1.54, 1.807) is 23.2 Å². The van der Waals surface area contributed by atoms with Crippen molar-refractivity contribution < 1.29 is 17.9 Å². The summed E-state index contributed by atoms with van der Waals surface area (Å²) < 4.78 is 33.2. The van der Waals surface area contributed by atoms with Crippen LogP contribution in [0.1, 0.15) is 11.1 Å². The third kappa shape index (κ3) is 3.33. The van der Waals surface area contributed by atoms with Gasteiger partial charge >= 0.3 is 0 Å². The Morgan fingerprint density at radius 1 is 1.17 bits per heavy atom. The quantitative estimate of drug-likeness (QED) is 0.683. The molecule has 0 spiro atoms. The van der Waals surface area contributed by atoms with Crippen molar-refractivity contribution in [3.8, 4) is 5.75 Å². The highest BCUT2D eigenvalue weighted by Crippen LogP contribution is 2.27. The molecule has 0 unspecified atom stereocenters. The summed E-state index contributed by atoms with van der Waals surface area (Å²) in [4.78, 5) is 21.8. The fraction of sp³-hybridized carbons (Fsp3) is 0.333. The molecule has 8 nitrogen and oxygen atoms in total. The molecular formula is C21H22N4O4S. The number of H-pyrrole nitrogens is 1. The van der Waals surface area contributed by atoms with Crippen LogP contribution in [0.15, 0.2) is 47.6 Å². The summed E-state index contributed by atoms with van der Waals surface area (Å²) >= 11 is 0. The molecule has 1 amide bonds. The van der Waals surface area contributed by atoms with E-state index in [-0.39, 0.29) is 23.9 Å². The molecule has 0 bridgehead atoms. The van der Waals surface area contributed by atoms with Gasteiger partial charge in [-0.2, -0.15) is 4.31 Å².